The van der Waals surface area contributed by atoms with E-state index < -0.39 is 0 Å². The van der Waals surface area contributed by atoms with Gasteiger partial charge in [-0.1, -0.05) is 115 Å². The van der Waals surface area contributed by atoms with Crippen LogP contribution in [0.15, 0.2) is 140 Å². The van der Waals surface area contributed by atoms with Crippen molar-refractivity contribution in [3.8, 4) is 22.3 Å². The van der Waals surface area contributed by atoms with E-state index in [-0.39, 0.29) is 0 Å². The van der Waals surface area contributed by atoms with Gasteiger partial charge in [0.15, 0.2) is 0 Å². The van der Waals surface area contributed by atoms with E-state index >= 15 is 0 Å². The molecule has 0 fully saturated rings. The average Bonchev–Trinajstić information content (AvgIpc) is 3.00. The minimum Gasteiger partial charge on any atom is -0.256 e. The van der Waals surface area contributed by atoms with Crippen LogP contribution in [0.5, 0.6) is 0 Å². The molecule has 0 unspecified atom stereocenters. The normalized spacial score (nSPS) is 11.7. The third kappa shape index (κ3) is 3.09. The van der Waals surface area contributed by atoms with Gasteiger partial charge in [0.05, 0.1) is 5.52 Å². The maximum absolute atomic E-state index is 4.98. The van der Waals surface area contributed by atoms with E-state index in [1.54, 1.807) is 0 Å². The predicted molar refractivity (Wildman–Crippen MR) is 163 cm³/mol. The van der Waals surface area contributed by atoms with Crippen LogP contribution in [-0.4, -0.2) is 4.98 Å². The molecule has 8 aromatic rings. The second-order valence-corrected chi connectivity index (χ2v) is 9.94. The lowest BCUT2D eigenvalue weighted by atomic mass is 9.87. The summed E-state index contributed by atoms with van der Waals surface area (Å²) >= 11 is 0. The first-order chi connectivity index (χ1) is 18.9. The second-order valence-electron chi connectivity index (χ2n) is 9.94. The van der Waals surface area contributed by atoms with Crippen molar-refractivity contribution in [3.63, 3.8) is 0 Å². The third-order valence-electron chi connectivity index (χ3n) is 7.89. The molecule has 0 saturated heterocycles. The fourth-order valence-electron chi connectivity index (χ4n) is 6.17. The minimum absolute atomic E-state index is 1.04. The highest BCUT2D eigenvalue weighted by Gasteiger charge is 2.17. The van der Waals surface area contributed by atoms with Crippen LogP contribution in [0.25, 0.3) is 76.2 Å². The van der Waals surface area contributed by atoms with E-state index in [1.807, 2.05) is 6.20 Å². The Morgan fingerprint density at radius 2 is 0.816 bits per heavy atom. The lowest BCUT2D eigenvalue weighted by Crippen LogP contribution is -1.91. The molecule has 8 rings (SSSR count). The van der Waals surface area contributed by atoms with Crippen molar-refractivity contribution in [1.82, 2.24) is 4.98 Å². The Morgan fingerprint density at radius 3 is 1.50 bits per heavy atom. The lowest BCUT2D eigenvalue weighted by Gasteiger charge is -2.17. The van der Waals surface area contributed by atoms with Crippen molar-refractivity contribution >= 4 is 54.0 Å². The van der Waals surface area contributed by atoms with Crippen LogP contribution in [-0.2, 0) is 0 Å². The smallest absolute Gasteiger partial charge is 0.0786 e. The van der Waals surface area contributed by atoms with E-state index in [9.17, 15) is 0 Å². The molecule has 0 bridgehead atoms. The Hall–Kier alpha value is -5.01. The zero-order chi connectivity index (χ0) is 25.1. The first-order valence-corrected chi connectivity index (χ1v) is 13.1. The zero-order valence-electron chi connectivity index (χ0n) is 20.7. The van der Waals surface area contributed by atoms with E-state index in [1.165, 1.54) is 70.7 Å². The number of pyridine rings is 1. The summed E-state index contributed by atoms with van der Waals surface area (Å²) in [4.78, 5) is 4.98. The molecule has 7 aromatic carbocycles. The van der Waals surface area contributed by atoms with Gasteiger partial charge in [-0.15, -0.1) is 0 Å². The largest absolute Gasteiger partial charge is 0.256 e. The monoisotopic (exact) mass is 481 g/mol. The Kier molecular flexibility index (Phi) is 4.59. The molecule has 1 heteroatoms. The molecule has 0 N–H and O–H groups in total. The predicted octanol–water partition coefficient (Wildman–Crippen LogP) is 10.2. The maximum atomic E-state index is 4.98. The van der Waals surface area contributed by atoms with Gasteiger partial charge in [0.25, 0.3) is 0 Å². The summed E-state index contributed by atoms with van der Waals surface area (Å²) in [5.41, 5.74) is 6.00. The van der Waals surface area contributed by atoms with Gasteiger partial charge in [0.1, 0.15) is 0 Å². The Bertz CT molecular complexity index is 2020. The van der Waals surface area contributed by atoms with E-state index in [4.69, 9.17) is 4.98 Å². The molecule has 0 amide bonds. The van der Waals surface area contributed by atoms with Gasteiger partial charge in [-0.3, -0.25) is 4.98 Å². The number of benzene rings is 7. The van der Waals surface area contributed by atoms with E-state index in [0.717, 1.165) is 5.52 Å². The molecular weight excluding hydrogens is 458 g/mol. The molecule has 1 nitrogen and oxygen atoms in total. The Morgan fingerprint density at radius 1 is 0.316 bits per heavy atom. The second kappa shape index (κ2) is 8.26. The van der Waals surface area contributed by atoms with Crippen LogP contribution >= 0.6 is 0 Å². The minimum atomic E-state index is 1.04. The van der Waals surface area contributed by atoms with Crippen LogP contribution in [0, 0.1) is 0 Å². The molecule has 0 radical (unpaired) electrons. The fraction of sp³-hybridized carbons (Fsp3) is 0. The topological polar surface area (TPSA) is 12.9 Å². The summed E-state index contributed by atoms with van der Waals surface area (Å²) in [6, 6.07) is 48.3. The highest BCUT2D eigenvalue weighted by atomic mass is 14.6. The van der Waals surface area contributed by atoms with Crippen molar-refractivity contribution in [1.29, 1.82) is 0 Å². The van der Waals surface area contributed by atoms with Crippen LogP contribution in [0.3, 0.4) is 0 Å². The highest BCUT2D eigenvalue weighted by Crippen LogP contribution is 2.43. The number of hydrogen-bond donors (Lipinski definition) is 0. The number of fused-ring (bicyclic) bond motifs is 7. The third-order valence-corrected chi connectivity index (χ3v) is 7.89. The molecule has 0 atom stereocenters. The van der Waals surface area contributed by atoms with Crippen LogP contribution in [0.4, 0.5) is 0 Å². The van der Waals surface area contributed by atoms with Crippen LogP contribution in [0.2, 0.25) is 0 Å². The summed E-state index contributed by atoms with van der Waals surface area (Å²) in [5, 5.41) is 11.1. The fourth-order valence-corrected chi connectivity index (χ4v) is 6.17. The molecule has 0 aliphatic carbocycles. The molecule has 176 valence electrons. The standard InChI is InChI=1S/C37H23N/c1-3-14-26-24(10-1)12-7-18-28(26)33-23-36-35(31-17-6-5-16-30(31)33)22-34(32-20-9-21-38-37(32)36)29-19-8-13-25-11-2-4-15-27(25)29/h1-23H. The van der Waals surface area contributed by atoms with Gasteiger partial charge >= 0.3 is 0 Å². The van der Waals surface area contributed by atoms with Crippen molar-refractivity contribution < 1.29 is 0 Å². The van der Waals surface area contributed by atoms with Crippen LogP contribution < -0.4 is 0 Å². The molecule has 38 heavy (non-hydrogen) atoms. The Balaban J connectivity index is 1.54. The SMILES string of the molecule is c1ccc2c(-c3cc4c(cc(-c5cccc6ccccc56)c5cccnc54)c4ccccc34)cccc2c1. The van der Waals surface area contributed by atoms with Gasteiger partial charge in [0, 0.05) is 17.0 Å². The number of hydrogen-bond acceptors (Lipinski definition) is 1. The first-order valence-electron chi connectivity index (χ1n) is 13.1. The van der Waals surface area contributed by atoms with Gasteiger partial charge in [-0.2, -0.15) is 0 Å². The van der Waals surface area contributed by atoms with Gasteiger partial charge in [-0.25, -0.2) is 0 Å². The number of nitrogens with zero attached hydrogens (tertiary/aromatic N) is 1. The molecule has 0 aliphatic heterocycles. The quantitative estimate of drug-likeness (QED) is 0.224. The zero-order valence-corrected chi connectivity index (χ0v) is 20.7. The van der Waals surface area contributed by atoms with Crippen molar-refractivity contribution in [2.75, 3.05) is 0 Å². The molecule has 1 aromatic heterocycles. The van der Waals surface area contributed by atoms with Gasteiger partial charge < -0.3 is 0 Å². The number of aromatic nitrogens is 1. The summed E-state index contributed by atoms with van der Waals surface area (Å²) in [6.45, 7) is 0. The van der Waals surface area contributed by atoms with Gasteiger partial charge in [0.2, 0.25) is 0 Å². The summed E-state index contributed by atoms with van der Waals surface area (Å²) in [6.07, 6.45) is 1.92. The Labute approximate surface area is 220 Å². The summed E-state index contributed by atoms with van der Waals surface area (Å²) in [5.74, 6) is 0. The molecule has 0 aliphatic rings. The first kappa shape index (κ1) is 21.1. The average molecular weight is 482 g/mol. The van der Waals surface area contributed by atoms with Crippen LogP contribution in [0.1, 0.15) is 0 Å². The maximum Gasteiger partial charge on any atom is 0.0786 e. The number of rotatable bonds is 2. The van der Waals surface area contributed by atoms with Crippen molar-refractivity contribution in [3.05, 3.63) is 140 Å². The molecule has 1 heterocycles. The van der Waals surface area contributed by atoms with E-state index in [2.05, 4.69) is 133 Å². The van der Waals surface area contributed by atoms with Crippen molar-refractivity contribution in [2.24, 2.45) is 0 Å². The molecule has 0 spiro atoms. The lowest BCUT2D eigenvalue weighted by molar-refractivity contribution is 1.43. The summed E-state index contributed by atoms with van der Waals surface area (Å²) in [7, 11) is 0. The van der Waals surface area contributed by atoms with Gasteiger partial charge in [-0.05, 0) is 78.2 Å². The highest BCUT2D eigenvalue weighted by molar-refractivity contribution is 6.24. The molecule has 0 saturated carbocycles. The van der Waals surface area contributed by atoms with E-state index in [0.29, 0.717) is 0 Å². The summed E-state index contributed by atoms with van der Waals surface area (Å²) < 4.78 is 0. The molecular formula is C37H23N. The van der Waals surface area contributed by atoms with Crippen molar-refractivity contribution in [2.45, 2.75) is 0 Å².